The monoisotopic (exact) mass is 241 g/mol. The average Bonchev–Trinajstić information content (AvgIpc) is 2.98. The Balaban J connectivity index is 1.99. The van der Waals surface area contributed by atoms with Gasteiger partial charge in [0.25, 0.3) is 5.89 Å². The van der Waals surface area contributed by atoms with Crippen molar-refractivity contribution in [2.45, 2.75) is 0 Å². The minimum atomic E-state index is 0.446. The summed E-state index contributed by atoms with van der Waals surface area (Å²) >= 11 is 0. The number of nitrogen functional groups attached to an aromatic ring is 1. The fourth-order valence-electron chi connectivity index (χ4n) is 1.64. The molecule has 0 atom stereocenters. The summed E-state index contributed by atoms with van der Waals surface area (Å²) in [6, 6.07) is 7.31. The lowest BCUT2D eigenvalue weighted by atomic mass is 10.2. The Morgan fingerprint density at radius 3 is 2.67 bits per heavy atom. The zero-order valence-corrected chi connectivity index (χ0v) is 9.74. The van der Waals surface area contributed by atoms with Crippen LogP contribution >= 0.6 is 0 Å². The Morgan fingerprint density at radius 2 is 2.00 bits per heavy atom. The van der Waals surface area contributed by atoms with Crippen LogP contribution in [0.25, 0.3) is 23.0 Å². The fourth-order valence-corrected chi connectivity index (χ4v) is 1.64. The minimum Gasteiger partial charge on any atom is -0.399 e. The molecule has 2 aromatic heterocycles. The van der Waals surface area contributed by atoms with Gasteiger partial charge in [-0.05, 0) is 24.3 Å². The smallest absolute Gasteiger partial charge is 0.276 e. The fraction of sp³-hybridized carbons (Fsp3) is 0.0833. The van der Waals surface area contributed by atoms with E-state index in [0.29, 0.717) is 17.4 Å². The van der Waals surface area contributed by atoms with Crippen LogP contribution in [0.3, 0.4) is 0 Å². The van der Waals surface area contributed by atoms with Gasteiger partial charge in [0, 0.05) is 18.3 Å². The third-order valence-electron chi connectivity index (χ3n) is 2.63. The van der Waals surface area contributed by atoms with Gasteiger partial charge in [0.2, 0.25) is 5.82 Å². The van der Waals surface area contributed by atoms with Crippen molar-refractivity contribution in [3.05, 3.63) is 36.8 Å². The molecule has 0 aliphatic carbocycles. The second-order valence-corrected chi connectivity index (χ2v) is 3.93. The molecular formula is C12H11N5O. The third kappa shape index (κ3) is 1.73. The number of aryl methyl sites for hydroxylation is 1. The molecule has 0 fully saturated rings. The summed E-state index contributed by atoms with van der Waals surface area (Å²) in [4.78, 5) is 8.34. The van der Waals surface area contributed by atoms with E-state index in [0.717, 1.165) is 11.3 Å². The van der Waals surface area contributed by atoms with E-state index in [-0.39, 0.29) is 0 Å². The molecule has 3 aromatic rings. The molecule has 0 saturated carbocycles. The molecular weight excluding hydrogens is 230 g/mol. The zero-order valence-electron chi connectivity index (χ0n) is 9.74. The standard InChI is InChI=1S/C12H11N5O/c1-17-7-14-6-10(17)12-15-11(16-18-12)8-2-4-9(13)5-3-8/h2-7H,13H2,1H3. The Bertz CT molecular complexity index is 668. The molecule has 6 nitrogen and oxygen atoms in total. The summed E-state index contributed by atoms with van der Waals surface area (Å²) in [5.41, 5.74) is 7.98. The normalized spacial score (nSPS) is 10.7. The lowest BCUT2D eigenvalue weighted by molar-refractivity contribution is 0.429. The van der Waals surface area contributed by atoms with Crippen LogP contribution in [0.4, 0.5) is 5.69 Å². The van der Waals surface area contributed by atoms with E-state index in [2.05, 4.69) is 15.1 Å². The molecule has 0 amide bonds. The van der Waals surface area contributed by atoms with Gasteiger partial charge in [-0.3, -0.25) is 0 Å². The predicted octanol–water partition coefficient (Wildman–Crippen LogP) is 1.72. The van der Waals surface area contributed by atoms with Gasteiger partial charge >= 0.3 is 0 Å². The number of imidazole rings is 1. The van der Waals surface area contributed by atoms with E-state index < -0.39 is 0 Å². The van der Waals surface area contributed by atoms with Crippen LogP contribution in [0.15, 0.2) is 41.3 Å². The van der Waals surface area contributed by atoms with Crippen LogP contribution < -0.4 is 5.73 Å². The number of hydrogen-bond acceptors (Lipinski definition) is 5. The number of aromatic nitrogens is 4. The van der Waals surface area contributed by atoms with Crippen molar-refractivity contribution in [3.8, 4) is 23.0 Å². The van der Waals surface area contributed by atoms with Crippen molar-refractivity contribution in [1.82, 2.24) is 19.7 Å². The first kappa shape index (κ1) is 10.5. The van der Waals surface area contributed by atoms with Gasteiger partial charge in [0.05, 0.1) is 12.5 Å². The van der Waals surface area contributed by atoms with E-state index in [4.69, 9.17) is 10.3 Å². The van der Waals surface area contributed by atoms with Crippen LogP contribution in [0, 0.1) is 0 Å². The molecule has 0 saturated heterocycles. The van der Waals surface area contributed by atoms with E-state index >= 15 is 0 Å². The largest absolute Gasteiger partial charge is 0.399 e. The summed E-state index contributed by atoms with van der Waals surface area (Å²) < 4.78 is 7.04. The van der Waals surface area contributed by atoms with Crippen LogP contribution in [-0.4, -0.2) is 19.7 Å². The van der Waals surface area contributed by atoms with Crippen molar-refractivity contribution in [1.29, 1.82) is 0 Å². The number of nitrogens with two attached hydrogens (primary N) is 1. The van der Waals surface area contributed by atoms with Crippen LogP contribution in [-0.2, 0) is 7.05 Å². The first-order valence-corrected chi connectivity index (χ1v) is 5.40. The predicted molar refractivity (Wildman–Crippen MR) is 66.3 cm³/mol. The molecule has 0 bridgehead atoms. The van der Waals surface area contributed by atoms with E-state index in [1.165, 1.54) is 0 Å². The highest BCUT2D eigenvalue weighted by Gasteiger charge is 2.12. The highest BCUT2D eigenvalue weighted by Crippen LogP contribution is 2.22. The maximum absolute atomic E-state index is 5.63. The van der Waals surface area contributed by atoms with Gasteiger partial charge in [0.15, 0.2) is 0 Å². The minimum absolute atomic E-state index is 0.446. The van der Waals surface area contributed by atoms with Gasteiger partial charge in [-0.15, -0.1) is 0 Å². The maximum atomic E-state index is 5.63. The van der Waals surface area contributed by atoms with E-state index in [9.17, 15) is 0 Å². The summed E-state index contributed by atoms with van der Waals surface area (Å²) in [6.07, 6.45) is 3.36. The number of anilines is 1. The average molecular weight is 241 g/mol. The van der Waals surface area contributed by atoms with Crippen molar-refractivity contribution in [3.63, 3.8) is 0 Å². The lowest BCUT2D eigenvalue weighted by Gasteiger charge is -1.95. The number of nitrogens with zero attached hydrogens (tertiary/aromatic N) is 4. The zero-order chi connectivity index (χ0) is 12.5. The Kier molecular flexibility index (Phi) is 2.33. The topological polar surface area (TPSA) is 82.8 Å². The number of hydrogen-bond donors (Lipinski definition) is 1. The second-order valence-electron chi connectivity index (χ2n) is 3.93. The first-order chi connectivity index (χ1) is 8.74. The molecule has 3 rings (SSSR count). The van der Waals surface area contributed by atoms with Gasteiger partial charge in [-0.1, -0.05) is 5.16 Å². The van der Waals surface area contributed by atoms with Gasteiger partial charge < -0.3 is 14.8 Å². The molecule has 1 aromatic carbocycles. The van der Waals surface area contributed by atoms with Crippen LogP contribution in [0.1, 0.15) is 0 Å². The van der Waals surface area contributed by atoms with Crippen molar-refractivity contribution < 1.29 is 4.52 Å². The van der Waals surface area contributed by atoms with Gasteiger partial charge in [0.1, 0.15) is 5.69 Å². The van der Waals surface area contributed by atoms with Crippen molar-refractivity contribution in [2.75, 3.05) is 5.73 Å². The quantitative estimate of drug-likeness (QED) is 0.691. The Labute approximate surface area is 103 Å². The number of rotatable bonds is 2. The summed E-state index contributed by atoms with van der Waals surface area (Å²) in [7, 11) is 1.87. The molecule has 0 aliphatic rings. The van der Waals surface area contributed by atoms with E-state index in [1.54, 1.807) is 24.7 Å². The Hall–Kier alpha value is -2.63. The summed E-state index contributed by atoms with van der Waals surface area (Å²) in [5.74, 6) is 0.980. The van der Waals surface area contributed by atoms with Crippen molar-refractivity contribution >= 4 is 5.69 Å². The van der Waals surface area contributed by atoms with Crippen molar-refractivity contribution in [2.24, 2.45) is 7.05 Å². The molecule has 0 unspecified atom stereocenters. The summed E-state index contributed by atoms with van der Waals surface area (Å²) in [6.45, 7) is 0. The second kappa shape index (κ2) is 3.99. The first-order valence-electron chi connectivity index (χ1n) is 5.40. The van der Waals surface area contributed by atoms with Gasteiger partial charge in [-0.2, -0.15) is 4.98 Å². The Morgan fingerprint density at radius 1 is 1.22 bits per heavy atom. The molecule has 2 N–H and O–H groups in total. The lowest BCUT2D eigenvalue weighted by Crippen LogP contribution is -1.89. The van der Waals surface area contributed by atoms with Crippen LogP contribution in [0.5, 0.6) is 0 Å². The van der Waals surface area contributed by atoms with E-state index in [1.807, 2.05) is 23.7 Å². The van der Waals surface area contributed by atoms with Gasteiger partial charge in [-0.25, -0.2) is 4.98 Å². The summed E-state index contributed by atoms with van der Waals surface area (Å²) in [5, 5.41) is 3.95. The highest BCUT2D eigenvalue weighted by atomic mass is 16.5. The SMILES string of the molecule is Cn1cncc1-c1nc(-c2ccc(N)cc2)no1. The molecule has 18 heavy (non-hydrogen) atoms. The molecule has 90 valence electrons. The molecule has 2 heterocycles. The molecule has 0 aliphatic heterocycles. The number of benzene rings is 1. The molecule has 6 heteroatoms. The highest BCUT2D eigenvalue weighted by molar-refractivity contribution is 5.60. The molecule has 0 radical (unpaired) electrons. The molecule has 0 spiro atoms. The van der Waals surface area contributed by atoms with Crippen LogP contribution in [0.2, 0.25) is 0 Å². The maximum Gasteiger partial charge on any atom is 0.276 e. The third-order valence-corrected chi connectivity index (χ3v) is 2.63.